The molecule has 3 aromatic rings. The van der Waals surface area contributed by atoms with Gasteiger partial charge in [0, 0.05) is 5.02 Å². The maximum Gasteiger partial charge on any atom is 0.449 e. The van der Waals surface area contributed by atoms with Gasteiger partial charge in [0.15, 0.2) is 0 Å². The first kappa shape index (κ1) is 17.6. The number of hydrogen-bond donors (Lipinski definition) is 0. The average molecular weight is 369 g/mol. The number of aromatic nitrogens is 2. The monoisotopic (exact) mass is 368 g/mol. The smallest absolute Gasteiger partial charge is 0.449 e. The van der Waals surface area contributed by atoms with Gasteiger partial charge in [-0.3, -0.25) is 0 Å². The maximum absolute atomic E-state index is 13.2. The van der Waals surface area contributed by atoms with Gasteiger partial charge in [-0.1, -0.05) is 23.7 Å². The number of para-hydroxylation sites is 2. The van der Waals surface area contributed by atoms with Crippen LogP contribution in [0, 0.1) is 13.8 Å². The Kier molecular flexibility index (Phi) is 4.64. The summed E-state index contributed by atoms with van der Waals surface area (Å²) in [5.41, 5.74) is 2.47. The zero-order valence-electron chi connectivity index (χ0n) is 13.7. The number of aryl methyl sites for hydroxylation is 2. The van der Waals surface area contributed by atoms with Gasteiger partial charge in [0.2, 0.25) is 5.82 Å². The van der Waals surface area contributed by atoms with Gasteiger partial charge in [0.05, 0.1) is 17.6 Å². The van der Waals surface area contributed by atoms with Crippen molar-refractivity contribution in [3.8, 4) is 5.75 Å². The normalized spacial score (nSPS) is 11.9. The Morgan fingerprint density at radius 2 is 1.76 bits per heavy atom. The Hall–Kier alpha value is -2.21. The Balaban J connectivity index is 1.84. The number of hydrogen-bond acceptors (Lipinski definition) is 2. The van der Waals surface area contributed by atoms with E-state index in [9.17, 15) is 13.2 Å². The molecule has 0 atom stereocenters. The van der Waals surface area contributed by atoms with Gasteiger partial charge in [-0.15, -0.1) is 0 Å². The van der Waals surface area contributed by atoms with Crippen LogP contribution in [0.5, 0.6) is 5.75 Å². The predicted octanol–water partition coefficient (Wildman–Crippen LogP) is 5.40. The van der Waals surface area contributed by atoms with E-state index in [-0.39, 0.29) is 13.2 Å². The van der Waals surface area contributed by atoms with Gasteiger partial charge >= 0.3 is 6.18 Å². The molecule has 3 rings (SSSR count). The molecule has 2 aromatic carbocycles. The van der Waals surface area contributed by atoms with Gasteiger partial charge in [-0.05, 0) is 49.2 Å². The highest BCUT2D eigenvalue weighted by Crippen LogP contribution is 2.31. The lowest BCUT2D eigenvalue weighted by Crippen LogP contribution is -2.18. The summed E-state index contributed by atoms with van der Waals surface area (Å²) >= 11 is 6.11. The molecular weight excluding hydrogens is 353 g/mol. The number of rotatable bonds is 4. The third kappa shape index (κ3) is 3.58. The van der Waals surface area contributed by atoms with Crippen molar-refractivity contribution in [3.63, 3.8) is 0 Å². The first-order valence-corrected chi connectivity index (χ1v) is 8.07. The van der Waals surface area contributed by atoms with Gasteiger partial charge in [-0.2, -0.15) is 13.2 Å². The molecule has 0 radical (unpaired) electrons. The fourth-order valence-corrected chi connectivity index (χ4v) is 2.87. The second-order valence-corrected chi connectivity index (χ2v) is 6.17. The van der Waals surface area contributed by atoms with Crippen LogP contribution in [-0.4, -0.2) is 16.2 Å². The number of nitrogens with zero attached hydrogens (tertiary/aromatic N) is 2. The van der Waals surface area contributed by atoms with E-state index in [0.717, 1.165) is 15.7 Å². The number of benzene rings is 2. The van der Waals surface area contributed by atoms with Crippen LogP contribution in [0.4, 0.5) is 13.2 Å². The molecule has 1 aromatic heterocycles. The van der Waals surface area contributed by atoms with E-state index in [4.69, 9.17) is 16.3 Å². The highest BCUT2D eigenvalue weighted by Gasteiger charge is 2.37. The minimum atomic E-state index is -4.52. The van der Waals surface area contributed by atoms with Gasteiger partial charge < -0.3 is 9.30 Å². The molecule has 0 aliphatic heterocycles. The molecule has 0 aliphatic carbocycles. The minimum absolute atomic E-state index is 0.0378. The Labute approximate surface area is 148 Å². The van der Waals surface area contributed by atoms with Crippen molar-refractivity contribution in [3.05, 3.63) is 58.4 Å². The largest absolute Gasteiger partial charge is 0.492 e. The maximum atomic E-state index is 13.2. The molecule has 132 valence electrons. The summed E-state index contributed by atoms with van der Waals surface area (Å²) < 4.78 is 46.5. The molecule has 7 heteroatoms. The number of halogens is 4. The third-order valence-electron chi connectivity index (χ3n) is 3.90. The van der Waals surface area contributed by atoms with Crippen molar-refractivity contribution in [2.45, 2.75) is 26.6 Å². The topological polar surface area (TPSA) is 27.1 Å². The lowest BCUT2D eigenvalue weighted by Gasteiger charge is -2.13. The van der Waals surface area contributed by atoms with E-state index in [1.165, 1.54) is 0 Å². The number of imidazole rings is 1. The molecule has 0 saturated carbocycles. The van der Waals surface area contributed by atoms with Crippen LogP contribution in [0.1, 0.15) is 17.0 Å². The first-order chi connectivity index (χ1) is 11.8. The second-order valence-electron chi connectivity index (χ2n) is 5.79. The predicted molar refractivity (Wildman–Crippen MR) is 91.2 cm³/mol. The lowest BCUT2D eigenvalue weighted by atomic mass is 10.1. The summed E-state index contributed by atoms with van der Waals surface area (Å²) in [6, 6.07) is 10.1. The molecule has 3 nitrogen and oxygen atoms in total. The van der Waals surface area contributed by atoms with Crippen molar-refractivity contribution < 1.29 is 17.9 Å². The zero-order chi connectivity index (χ0) is 18.2. The third-order valence-corrected chi connectivity index (χ3v) is 4.50. The Bertz CT molecular complexity index is 895. The summed E-state index contributed by atoms with van der Waals surface area (Å²) in [5, 5.41) is 0.660. The molecule has 0 aliphatic rings. The molecule has 0 saturated heterocycles. The van der Waals surface area contributed by atoms with E-state index in [1.54, 1.807) is 36.4 Å². The van der Waals surface area contributed by atoms with E-state index < -0.39 is 12.0 Å². The molecule has 1 heterocycles. The van der Waals surface area contributed by atoms with Crippen molar-refractivity contribution in [2.24, 2.45) is 0 Å². The SMILES string of the molecule is Cc1cc(OCCn2c(C(F)(F)F)nc3ccccc32)cc(C)c1Cl. The number of fused-ring (bicyclic) bond motifs is 1. The van der Waals surface area contributed by atoms with Crippen molar-refractivity contribution in [1.29, 1.82) is 0 Å². The fourth-order valence-electron chi connectivity index (χ4n) is 2.76. The van der Waals surface area contributed by atoms with Gasteiger partial charge in [0.25, 0.3) is 0 Å². The van der Waals surface area contributed by atoms with Crippen molar-refractivity contribution in [2.75, 3.05) is 6.61 Å². The summed E-state index contributed by atoms with van der Waals surface area (Å²) in [7, 11) is 0. The van der Waals surface area contributed by atoms with Crippen LogP contribution in [0.2, 0.25) is 5.02 Å². The van der Waals surface area contributed by atoms with E-state index in [1.807, 2.05) is 13.8 Å². The standard InChI is InChI=1S/C18H16ClF3N2O/c1-11-9-13(10-12(2)16(11)19)25-8-7-24-15-6-4-3-5-14(15)23-17(24)18(20,21)22/h3-6,9-10H,7-8H2,1-2H3. The van der Waals surface area contributed by atoms with Crippen LogP contribution in [0.25, 0.3) is 11.0 Å². The van der Waals surface area contributed by atoms with E-state index >= 15 is 0 Å². The minimum Gasteiger partial charge on any atom is -0.492 e. The van der Waals surface area contributed by atoms with Gasteiger partial charge in [-0.25, -0.2) is 4.98 Å². The van der Waals surface area contributed by atoms with E-state index in [0.29, 0.717) is 21.8 Å². The Morgan fingerprint density at radius 1 is 1.12 bits per heavy atom. The molecule has 0 N–H and O–H groups in total. The lowest BCUT2D eigenvalue weighted by molar-refractivity contribution is -0.147. The summed E-state index contributed by atoms with van der Waals surface area (Å²) in [4.78, 5) is 3.71. The molecule has 0 fully saturated rings. The first-order valence-electron chi connectivity index (χ1n) is 7.69. The second kappa shape index (κ2) is 6.59. The molecular formula is C18H16ClF3N2O. The quantitative estimate of drug-likeness (QED) is 0.616. The Morgan fingerprint density at radius 3 is 2.40 bits per heavy atom. The molecule has 0 unspecified atom stereocenters. The summed E-state index contributed by atoms with van der Waals surface area (Å²) in [5.74, 6) is -0.335. The van der Waals surface area contributed by atoms with Crippen LogP contribution >= 0.6 is 11.6 Å². The van der Waals surface area contributed by atoms with Gasteiger partial charge in [0.1, 0.15) is 12.4 Å². The van der Waals surface area contributed by atoms with Crippen LogP contribution < -0.4 is 4.74 Å². The van der Waals surface area contributed by atoms with Crippen LogP contribution in [0.3, 0.4) is 0 Å². The van der Waals surface area contributed by atoms with Crippen LogP contribution in [0.15, 0.2) is 36.4 Å². The highest BCUT2D eigenvalue weighted by molar-refractivity contribution is 6.32. The summed E-state index contributed by atoms with van der Waals surface area (Å²) in [6.07, 6.45) is -4.52. The molecule has 25 heavy (non-hydrogen) atoms. The van der Waals surface area contributed by atoms with Crippen LogP contribution in [-0.2, 0) is 12.7 Å². The van der Waals surface area contributed by atoms with Crippen molar-refractivity contribution in [1.82, 2.24) is 9.55 Å². The average Bonchev–Trinajstić information content (AvgIpc) is 2.92. The molecule has 0 spiro atoms. The fraction of sp³-hybridized carbons (Fsp3) is 0.278. The molecule has 0 bridgehead atoms. The zero-order valence-corrected chi connectivity index (χ0v) is 14.4. The summed E-state index contributed by atoms with van der Waals surface area (Å²) in [6.45, 7) is 3.83. The number of alkyl halides is 3. The highest BCUT2D eigenvalue weighted by atomic mass is 35.5. The number of ether oxygens (including phenoxy) is 1. The molecule has 0 amide bonds. The van der Waals surface area contributed by atoms with E-state index in [2.05, 4.69) is 4.98 Å². The van der Waals surface area contributed by atoms with Crippen molar-refractivity contribution >= 4 is 22.6 Å².